The lowest BCUT2D eigenvalue weighted by Gasteiger charge is -2.22. The van der Waals surface area contributed by atoms with E-state index in [1.165, 1.54) is 6.92 Å². The highest BCUT2D eigenvalue weighted by molar-refractivity contribution is 7.89. The quantitative estimate of drug-likeness (QED) is 0.634. The van der Waals surface area contributed by atoms with Crippen molar-refractivity contribution in [2.45, 2.75) is 13.3 Å². The Kier molecular flexibility index (Phi) is 6.38. The third-order valence-electron chi connectivity index (χ3n) is 4.44. The van der Waals surface area contributed by atoms with Crippen LogP contribution in [0.25, 0.3) is 10.9 Å². The maximum absolute atomic E-state index is 12.3. The summed E-state index contributed by atoms with van der Waals surface area (Å²) in [4.78, 5) is 18.1. The average molecular weight is 398 g/mol. The number of aromatic nitrogens is 1. The zero-order chi connectivity index (χ0) is 20.0. The van der Waals surface area contributed by atoms with E-state index >= 15 is 0 Å². The molecule has 0 unspecified atom stereocenters. The van der Waals surface area contributed by atoms with Crippen molar-refractivity contribution in [3.63, 3.8) is 0 Å². The molecule has 2 aromatic carbocycles. The molecule has 1 N–H and O–H groups in total. The Morgan fingerprint density at radius 3 is 2.54 bits per heavy atom. The number of carbonyl (C=O) groups excluding carboxylic acids is 1. The van der Waals surface area contributed by atoms with E-state index in [0.717, 1.165) is 10.9 Å². The molecule has 6 nitrogen and oxygen atoms in total. The van der Waals surface area contributed by atoms with E-state index < -0.39 is 10.0 Å². The van der Waals surface area contributed by atoms with Crippen LogP contribution in [0.4, 0.5) is 5.69 Å². The topological polar surface area (TPSA) is 79.4 Å². The van der Waals surface area contributed by atoms with Gasteiger partial charge in [-0.2, -0.15) is 0 Å². The fraction of sp³-hybridized carbons (Fsp3) is 0.238. The number of hydrogen-bond donors (Lipinski definition) is 1. The van der Waals surface area contributed by atoms with Gasteiger partial charge in [0.15, 0.2) is 0 Å². The summed E-state index contributed by atoms with van der Waals surface area (Å²) < 4.78 is 27.1. The van der Waals surface area contributed by atoms with Crippen LogP contribution in [0.5, 0.6) is 0 Å². The molecule has 0 spiro atoms. The van der Waals surface area contributed by atoms with Crippen LogP contribution in [0.1, 0.15) is 12.5 Å². The highest BCUT2D eigenvalue weighted by Gasteiger charge is 2.17. The molecular formula is C21H23N3O3S. The van der Waals surface area contributed by atoms with Crippen molar-refractivity contribution >= 4 is 32.5 Å². The number of carbonyl (C=O) groups is 1. The van der Waals surface area contributed by atoms with Gasteiger partial charge in [0, 0.05) is 31.6 Å². The first-order valence-electron chi connectivity index (χ1n) is 9.09. The molecule has 0 radical (unpaired) electrons. The molecule has 1 heterocycles. The normalized spacial score (nSPS) is 11.5. The van der Waals surface area contributed by atoms with Crippen LogP contribution in [-0.2, 0) is 21.2 Å². The SMILES string of the molecule is CC(=O)N(CCNS(=O)(=O)CCc1ccccc1)c1cccc2cccnc12. The minimum Gasteiger partial charge on any atom is -0.309 e. The van der Waals surface area contributed by atoms with E-state index in [-0.39, 0.29) is 24.7 Å². The van der Waals surface area contributed by atoms with E-state index in [0.29, 0.717) is 17.6 Å². The Morgan fingerprint density at radius 1 is 1.04 bits per heavy atom. The first-order chi connectivity index (χ1) is 13.5. The number of benzene rings is 2. The average Bonchev–Trinajstić information content (AvgIpc) is 2.70. The second kappa shape index (κ2) is 8.95. The number of rotatable bonds is 8. The number of fused-ring (bicyclic) bond motifs is 1. The molecular weight excluding hydrogens is 374 g/mol. The number of amides is 1. The molecule has 1 amide bonds. The minimum atomic E-state index is -3.43. The second-order valence-electron chi connectivity index (χ2n) is 6.47. The van der Waals surface area contributed by atoms with E-state index in [1.54, 1.807) is 11.1 Å². The third kappa shape index (κ3) is 5.15. The van der Waals surface area contributed by atoms with Crippen molar-refractivity contribution in [2.75, 3.05) is 23.7 Å². The Hall–Kier alpha value is -2.77. The van der Waals surface area contributed by atoms with Gasteiger partial charge in [0.05, 0.1) is 17.0 Å². The summed E-state index contributed by atoms with van der Waals surface area (Å²) in [6.45, 7) is 1.83. The molecule has 7 heteroatoms. The van der Waals surface area contributed by atoms with Crippen molar-refractivity contribution in [1.82, 2.24) is 9.71 Å². The fourth-order valence-corrected chi connectivity index (χ4v) is 4.09. The Bertz CT molecular complexity index is 1050. The van der Waals surface area contributed by atoms with Crippen LogP contribution in [0.15, 0.2) is 66.9 Å². The van der Waals surface area contributed by atoms with Crippen LogP contribution in [0.2, 0.25) is 0 Å². The van der Waals surface area contributed by atoms with Crippen LogP contribution in [0.3, 0.4) is 0 Å². The predicted molar refractivity (Wildman–Crippen MR) is 112 cm³/mol. The number of hydrogen-bond acceptors (Lipinski definition) is 4. The molecule has 0 aliphatic carbocycles. The van der Waals surface area contributed by atoms with Crippen LogP contribution in [-0.4, -0.2) is 38.2 Å². The number of nitrogens with one attached hydrogen (secondary N) is 1. The van der Waals surface area contributed by atoms with Gasteiger partial charge >= 0.3 is 0 Å². The van der Waals surface area contributed by atoms with Crippen molar-refractivity contribution < 1.29 is 13.2 Å². The lowest BCUT2D eigenvalue weighted by atomic mass is 10.1. The molecule has 28 heavy (non-hydrogen) atoms. The number of pyridine rings is 1. The van der Waals surface area contributed by atoms with Crippen LogP contribution in [0, 0.1) is 0 Å². The molecule has 0 bridgehead atoms. The zero-order valence-electron chi connectivity index (χ0n) is 15.7. The number of para-hydroxylation sites is 1. The van der Waals surface area contributed by atoms with Gasteiger partial charge < -0.3 is 4.90 Å². The van der Waals surface area contributed by atoms with Crippen LogP contribution < -0.4 is 9.62 Å². The highest BCUT2D eigenvalue weighted by atomic mass is 32.2. The van der Waals surface area contributed by atoms with Crippen molar-refractivity contribution in [1.29, 1.82) is 0 Å². The lowest BCUT2D eigenvalue weighted by molar-refractivity contribution is -0.116. The second-order valence-corrected chi connectivity index (χ2v) is 8.40. The van der Waals surface area contributed by atoms with Gasteiger partial charge in [0.2, 0.25) is 15.9 Å². The third-order valence-corrected chi connectivity index (χ3v) is 5.83. The van der Waals surface area contributed by atoms with Crippen molar-refractivity contribution in [2.24, 2.45) is 0 Å². The summed E-state index contributed by atoms with van der Waals surface area (Å²) in [5, 5.41) is 0.926. The van der Waals surface area contributed by atoms with E-state index in [4.69, 9.17) is 0 Å². The number of anilines is 1. The summed E-state index contributed by atoms with van der Waals surface area (Å²) in [7, 11) is -3.43. The van der Waals surface area contributed by atoms with Crippen molar-refractivity contribution in [3.05, 3.63) is 72.4 Å². The van der Waals surface area contributed by atoms with E-state index in [9.17, 15) is 13.2 Å². The molecule has 3 rings (SSSR count). The first kappa shape index (κ1) is 20.0. The van der Waals surface area contributed by atoms with Gasteiger partial charge in [-0.05, 0) is 24.1 Å². The predicted octanol–water partition coefficient (Wildman–Crippen LogP) is 2.75. The summed E-state index contributed by atoms with van der Waals surface area (Å²) in [5.41, 5.74) is 2.36. The molecule has 146 valence electrons. The van der Waals surface area contributed by atoms with Gasteiger partial charge in [0.25, 0.3) is 0 Å². The molecule has 0 aliphatic rings. The molecule has 0 fully saturated rings. The van der Waals surface area contributed by atoms with Gasteiger partial charge in [-0.1, -0.05) is 48.5 Å². The molecule has 0 aliphatic heterocycles. The zero-order valence-corrected chi connectivity index (χ0v) is 16.5. The molecule has 0 atom stereocenters. The Balaban J connectivity index is 1.64. The lowest BCUT2D eigenvalue weighted by Crippen LogP contribution is -2.38. The van der Waals surface area contributed by atoms with Crippen molar-refractivity contribution in [3.8, 4) is 0 Å². The Labute approximate surface area is 165 Å². The fourth-order valence-electron chi connectivity index (χ4n) is 3.04. The molecule has 0 saturated carbocycles. The highest BCUT2D eigenvalue weighted by Crippen LogP contribution is 2.24. The van der Waals surface area contributed by atoms with Gasteiger partial charge in [-0.3, -0.25) is 9.78 Å². The van der Waals surface area contributed by atoms with Gasteiger partial charge in [-0.25, -0.2) is 13.1 Å². The number of nitrogens with zero attached hydrogens (tertiary/aromatic N) is 2. The van der Waals surface area contributed by atoms with E-state index in [1.807, 2.05) is 60.7 Å². The minimum absolute atomic E-state index is 0.00685. The maximum Gasteiger partial charge on any atom is 0.223 e. The van der Waals surface area contributed by atoms with Gasteiger partial charge in [0.1, 0.15) is 0 Å². The summed E-state index contributed by atoms with van der Waals surface area (Å²) in [6.07, 6.45) is 2.12. The Morgan fingerprint density at radius 2 is 1.79 bits per heavy atom. The van der Waals surface area contributed by atoms with Gasteiger partial charge in [-0.15, -0.1) is 0 Å². The number of sulfonamides is 1. The maximum atomic E-state index is 12.3. The molecule has 3 aromatic rings. The number of aryl methyl sites for hydroxylation is 1. The standard InChI is InChI=1S/C21H23N3O3S/c1-17(25)24(20-11-5-9-19-10-6-13-22-21(19)20)15-14-23-28(26,27)16-12-18-7-3-2-4-8-18/h2-11,13,23H,12,14-16H2,1H3. The summed E-state index contributed by atoms with van der Waals surface area (Å²) >= 11 is 0. The summed E-state index contributed by atoms with van der Waals surface area (Å²) in [6, 6.07) is 18.9. The van der Waals surface area contributed by atoms with Crippen LogP contribution >= 0.6 is 0 Å². The summed E-state index contributed by atoms with van der Waals surface area (Å²) in [5.74, 6) is -0.158. The molecule has 1 aromatic heterocycles. The largest absolute Gasteiger partial charge is 0.309 e. The monoisotopic (exact) mass is 397 g/mol. The molecule has 0 saturated heterocycles. The smallest absolute Gasteiger partial charge is 0.223 e. The first-order valence-corrected chi connectivity index (χ1v) is 10.7. The van der Waals surface area contributed by atoms with E-state index in [2.05, 4.69) is 9.71 Å².